The van der Waals surface area contributed by atoms with Gasteiger partial charge in [-0.25, -0.2) is 8.78 Å². The number of aliphatic hydroxyl groups excluding tert-OH is 2. The number of anilines is 1. The van der Waals surface area contributed by atoms with Crippen LogP contribution in [-0.2, 0) is 73.1 Å². The summed E-state index contributed by atoms with van der Waals surface area (Å²) in [6, 6.07) is 15.0. The first kappa shape index (κ1) is 58.7. The van der Waals surface area contributed by atoms with Crippen molar-refractivity contribution in [2.24, 2.45) is 22.7 Å². The van der Waals surface area contributed by atoms with Crippen molar-refractivity contribution >= 4 is 40.9 Å². The van der Waals surface area contributed by atoms with Crippen LogP contribution in [0.5, 0.6) is 0 Å². The number of hydrogen-bond acceptors (Lipinski definition) is 16. The van der Waals surface area contributed by atoms with Gasteiger partial charge in [0, 0.05) is 59.7 Å². The molecule has 424 valence electrons. The number of fused-ring (bicyclic) bond motifs is 7. The van der Waals surface area contributed by atoms with Crippen LogP contribution in [0.2, 0.25) is 0 Å². The molecule has 0 radical (unpaired) electrons. The number of alkyl halides is 2. The Labute approximate surface area is 451 Å². The van der Waals surface area contributed by atoms with Gasteiger partial charge in [-0.1, -0.05) is 49.4 Å². The van der Waals surface area contributed by atoms with Crippen LogP contribution in [0.3, 0.4) is 0 Å². The van der Waals surface area contributed by atoms with E-state index in [9.17, 15) is 39.0 Å². The number of amides is 4. The summed E-state index contributed by atoms with van der Waals surface area (Å²) < 4.78 is 79.9. The second kappa shape index (κ2) is 26.2. The topological polar surface area (TPSA) is 244 Å². The molecular formula is C57H71F2N3O16. The summed E-state index contributed by atoms with van der Waals surface area (Å²) in [7, 11) is 0. The van der Waals surface area contributed by atoms with Crippen LogP contribution < -0.4 is 10.6 Å². The SMILES string of the molecule is C[C@]12C=CC(=O)C=C1[C@@H](F)C[C@H]1C3C[C@H]4O[C@@H](c5ccc(Cc6cccc(NC(=O)CCOCCOCCOCCOCCOCCOCCNC(=O)CCN7C(=O)C=CC7=O)c6)cc5)O[C@@]4(C(=O)CO)[C@@]3(C)C[C@H](O)[C@@]12F. The highest BCUT2D eigenvalue weighted by atomic mass is 19.1. The van der Waals surface area contributed by atoms with Crippen molar-refractivity contribution in [3.8, 4) is 0 Å². The van der Waals surface area contributed by atoms with Crippen molar-refractivity contribution in [1.82, 2.24) is 10.2 Å². The summed E-state index contributed by atoms with van der Waals surface area (Å²) in [6.45, 7) is 6.95. The molecule has 78 heavy (non-hydrogen) atoms. The molecule has 2 aliphatic heterocycles. The minimum absolute atomic E-state index is 0.0109. The molecule has 21 heteroatoms. The summed E-state index contributed by atoms with van der Waals surface area (Å²) in [5, 5.41) is 27.7. The third-order valence-electron chi connectivity index (χ3n) is 16.2. The number of Topliss-reactive ketones (excluding diaryl/α,β-unsaturated/α-hetero) is 1. The van der Waals surface area contributed by atoms with Crippen molar-refractivity contribution in [3.05, 3.63) is 101 Å². The number of nitrogens with one attached hydrogen (secondary N) is 2. The molecule has 10 atom stereocenters. The lowest BCUT2D eigenvalue weighted by Gasteiger charge is -2.63. The molecule has 6 aliphatic rings. The van der Waals surface area contributed by atoms with E-state index in [-0.39, 0.29) is 62.6 Å². The van der Waals surface area contributed by atoms with Crippen LogP contribution >= 0.6 is 0 Å². The molecule has 0 bridgehead atoms. The molecular weight excluding hydrogens is 1020 g/mol. The molecule has 2 aromatic rings. The van der Waals surface area contributed by atoms with Gasteiger partial charge in [-0.2, -0.15) is 0 Å². The Morgan fingerprint density at radius 2 is 1.37 bits per heavy atom. The standard InChI is InChI=1S/C57H71F2N3O16/c1-54-15-12-41(64)32-44(54)45(58)33-43-42-34-48-57(47(66)36-63,55(42,2)35-46(65)56(43,54)59)78-53(77-48)39-8-6-37(7-9-39)30-38-4-3-5-40(31-38)61-50(68)14-18-71-20-22-73-24-26-75-28-29-76-27-25-74-23-21-72-19-16-60-49(67)13-17-62-51(69)10-11-52(62)70/h3-12,15,31-32,42-43,45-46,48,53,63,65H,13-14,16-30,33-36H2,1-2H3,(H,60,67)(H,61,68)/t42?,43-,45-,46-,48+,53+,54-,55-,56-,57+/m0/s1. The van der Waals surface area contributed by atoms with Crippen molar-refractivity contribution < 1.29 is 85.7 Å². The molecule has 0 aromatic heterocycles. The summed E-state index contributed by atoms with van der Waals surface area (Å²) in [5.41, 5.74) is -3.74. The Morgan fingerprint density at radius 3 is 2.00 bits per heavy atom. The van der Waals surface area contributed by atoms with E-state index in [1.807, 2.05) is 42.5 Å². The highest BCUT2D eigenvalue weighted by Gasteiger charge is 2.80. The monoisotopic (exact) mass is 1090 g/mol. The smallest absolute Gasteiger partial charge is 0.253 e. The Morgan fingerprint density at radius 1 is 0.756 bits per heavy atom. The zero-order valence-corrected chi connectivity index (χ0v) is 44.1. The molecule has 0 spiro atoms. The van der Waals surface area contributed by atoms with Gasteiger partial charge in [0.1, 0.15) is 12.8 Å². The van der Waals surface area contributed by atoms with Crippen molar-refractivity contribution in [3.63, 3.8) is 0 Å². The maximum Gasteiger partial charge on any atom is 0.253 e. The van der Waals surface area contributed by atoms with Crippen LogP contribution in [0, 0.1) is 22.7 Å². The lowest BCUT2D eigenvalue weighted by Crippen LogP contribution is -2.70. The fourth-order valence-electron chi connectivity index (χ4n) is 12.3. The Hall–Kier alpha value is -5.46. The van der Waals surface area contributed by atoms with Gasteiger partial charge < -0.3 is 58.7 Å². The number of benzene rings is 2. The van der Waals surface area contributed by atoms with E-state index in [0.717, 1.165) is 22.1 Å². The first-order valence-corrected chi connectivity index (χ1v) is 26.7. The summed E-state index contributed by atoms with van der Waals surface area (Å²) in [5.74, 6) is -4.09. The predicted octanol–water partition coefficient (Wildman–Crippen LogP) is 3.78. The zero-order valence-electron chi connectivity index (χ0n) is 44.1. The van der Waals surface area contributed by atoms with Gasteiger partial charge >= 0.3 is 0 Å². The van der Waals surface area contributed by atoms with Crippen molar-refractivity contribution in [2.45, 2.75) is 88.3 Å². The highest BCUT2D eigenvalue weighted by molar-refractivity contribution is 6.13. The summed E-state index contributed by atoms with van der Waals surface area (Å²) >= 11 is 0. The maximum absolute atomic E-state index is 17.8. The number of rotatable bonds is 30. The van der Waals surface area contributed by atoms with Gasteiger partial charge in [0.2, 0.25) is 11.8 Å². The van der Waals surface area contributed by atoms with Crippen LogP contribution in [0.1, 0.15) is 68.9 Å². The number of carbonyl (C=O) groups excluding carboxylic acids is 6. The van der Waals surface area contributed by atoms with E-state index in [1.54, 1.807) is 13.0 Å². The molecule has 3 saturated carbocycles. The van der Waals surface area contributed by atoms with Gasteiger partial charge in [0.05, 0.1) is 97.9 Å². The second-order valence-electron chi connectivity index (χ2n) is 20.8. The second-order valence-corrected chi connectivity index (χ2v) is 20.8. The fraction of sp³-hybridized carbons (Fsp3) is 0.579. The number of imide groups is 1. The lowest BCUT2D eigenvalue weighted by molar-refractivity contribution is -0.235. The zero-order chi connectivity index (χ0) is 55.5. The minimum Gasteiger partial charge on any atom is -0.390 e. The first-order chi connectivity index (χ1) is 37.5. The largest absolute Gasteiger partial charge is 0.390 e. The number of ether oxygens (including phenoxy) is 8. The maximum atomic E-state index is 17.8. The van der Waals surface area contributed by atoms with Gasteiger partial charge in [-0.3, -0.25) is 33.7 Å². The lowest BCUT2D eigenvalue weighted by atomic mass is 9.44. The number of ketones is 2. The Kier molecular flexibility index (Phi) is 19.7. The van der Waals surface area contributed by atoms with E-state index in [2.05, 4.69) is 10.6 Å². The fourth-order valence-corrected chi connectivity index (χ4v) is 12.3. The number of aliphatic hydroxyl groups is 2. The van der Waals surface area contributed by atoms with Gasteiger partial charge in [-0.05, 0) is 79.5 Å². The number of nitrogens with zero attached hydrogens (tertiary/aromatic N) is 1. The third kappa shape index (κ3) is 12.6. The van der Waals surface area contributed by atoms with Gasteiger partial charge in [0.15, 0.2) is 29.1 Å². The van der Waals surface area contributed by atoms with Crippen LogP contribution in [0.15, 0.2) is 84.5 Å². The van der Waals surface area contributed by atoms with Crippen LogP contribution in [0.4, 0.5) is 14.5 Å². The number of hydrogen-bond donors (Lipinski definition) is 4. The van der Waals surface area contributed by atoms with E-state index in [1.165, 1.54) is 31.2 Å². The number of carbonyl (C=O) groups is 6. The van der Waals surface area contributed by atoms with Crippen molar-refractivity contribution in [1.29, 1.82) is 0 Å². The van der Waals surface area contributed by atoms with E-state index in [0.29, 0.717) is 96.9 Å². The number of allylic oxidation sites excluding steroid dienone is 4. The molecule has 4 fully saturated rings. The van der Waals surface area contributed by atoms with Crippen LogP contribution in [0.25, 0.3) is 0 Å². The summed E-state index contributed by atoms with van der Waals surface area (Å²) in [6.07, 6.45) is 1.24. The third-order valence-corrected chi connectivity index (χ3v) is 16.2. The van der Waals surface area contributed by atoms with Crippen molar-refractivity contribution in [2.75, 3.05) is 104 Å². The minimum atomic E-state index is -2.34. The highest BCUT2D eigenvalue weighted by Crippen LogP contribution is 2.72. The molecule has 2 heterocycles. The first-order valence-electron chi connectivity index (χ1n) is 26.7. The normalized spacial score (nSPS) is 29.7. The van der Waals surface area contributed by atoms with Crippen LogP contribution in [-0.4, -0.2) is 179 Å². The van der Waals surface area contributed by atoms with E-state index >= 15 is 8.78 Å². The molecule has 1 saturated heterocycles. The van der Waals surface area contributed by atoms with E-state index < -0.39 is 88.6 Å². The Balaban J connectivity index is 0.663. The molecule has 4 N–H and O–H groups in total. The van der Waals surface area contributed by atoms with Gasteiger partial charge in [0.25, 0.3) is 11.8 Å². The summed E-state index contributed by atoms with van der Waals surface area (Å²) in [4.78, 5) is 74.9. The molecule has 8 rings (SSSR count). The predicted molar refractivity (Wildman–Crippen MR) is 275 cm³/mol. The van der Waals surface area contributed by atoms with Gasteiger partial charge in [-0.15, -0.1) is 0 Å². The molecule has 4 aliphatic carbocycles. The molecule has 19 nitrogen and oxygen atoms in total. The molecule has 1 unspecified atom stereocenters. The average molecular weight is 1090 g/mol. The van der Waals surface area contributed by atoms with E-state index in [4.69, 9.17) is 37.9 Å². The Bertz CT molecular complexity index is 2560. The molecule has 2 aromatic carbocycles. The number of halogens is 2. The average Bonchev–Trinajstić information content (AvgIpc) is 4.07. The quantitative estimate of drug-likeness (QED) is 0.0643. The molecule has 4 amide bonds.